The number of nitrogens with zero attached hydrogens (tertiary/aromatic N) is 3. The Hall–Kier alpha value is -4.04. The van der Waals surface area contributed by atoms with Gasteiger partial charge in [-0.2, -0.15) is 5.26 Å². The van der Waals surface area contributed by atoms with Crippen LogP contribution in [0.5, 0.6) is 0 Å². The van der Waals surface area contributed by atoms with Gasteiger partial charge in [-0.15, -0.1) is 0 Å². The number of benzene rings is 3. The minimum Gasteiger partial charge on any atom is -0.361 e. The van der Waals surface area contributed by atoms with Gasteiger partial charge in [-0.3, -0.25) is 4.79 Å². The summed E-state index contributed by atoms with van der Waals surface area (Å²) in [6.07, 6.45) is 3.03. The second-order valence-corrected chi connectivity index (χ2v) is 8.03. The van der Waals surface area contributed by atoms with E-state index < -0.39 is 0 Å². The van der Waals surface area contributed by atoms with E-state index in [1.165, 1.54) is 5.56 Å². The summed E-state index contributed by atoms with van der Waals surface area (Å²) in [6.45, 7) is 1.23. The molecule has 0 saturated carbocycles. The van der Waals surface area contributed by atoms with Crippen molar-refractivity contribution in [2.75, 3.05) is 11.9 Å². The lowest BCUT2D eigenvalue weighted by atomic mass is 10.0. The fourth-order valence-electron chi connectivity index (χ4n) is 4.51. The standard InChI is InChI=1S/C27H24N4O/c28-16-8-17-30-19-23(21-11-5-7-14-25(21)30)26-29-24-13-6-4-12-22(24)27(32)31(26)18-15-20-9-2-1-3-10-20/h1-7,9-14,19,26,29H,8,15,17-18H2. The van der Waals surface area contributed by atoms with E-state index >= 15 is 0 Å². The fraction of sp³-hybridized carbons (Fsp3) is 0.185. The molecule has 1 amide bonds. The fourth-order valence-corrected chi connectivity index (χ4v) is 4.51. The van der Waals surface area contributed by atoms with Gasteiger partial charge < -0.3 is 14.8 Å². The van der Waals surface area contributed by atoms with Gasteiger partial charge in [0.15, 0.2) is 0 Å². The number of anilines is 1. The van der Waals surface area contributed by atoms with Gasteiger partial charge in [-0.1, -0.05) is 60.7 Å². The number of aryl methyl sites for hydroxylation is 1. The maximum Gasteiger partial charge on any atom is 0.257 e. The van der Waals surface area contributed by atoms with Gasteiger partial charge in [0.2, 0.25) is 0 Å². The lowest BCUT2D eigenvalue weighted by molar-refractivity contribution is 0.0686. The van der Waals surface area contributed by atoms with Crippen molar-refractivity contribution < 1.29 is 4.79 Å². The Morgan fingerprint density at radius 2 is 1.66 bits per heavy atom. The molecule has 0 radical (unpaired) electrons. The van der Waals surface area contributed by atoms with E-state index in [1.54, 1.807) is 0 Å². The molecule has 2 heterocycles. The van der Waals surface area contributed by atoms with E-state index in [1.807, 2.05) is 59.5 Å². The van der Waals surface area contributed by atoms with Gasteiger partial charge in [-0.25, -0.2) is 0 Å². The van der Waals surface area contributed by atoms with Crippen LogP contribution in [0, 0.1) is 11.3 Å². The quantitative estimate of drug-likeness (QED) is 0.456. The van der Waals surface area contributed by atoms with Gasteiger partial charge in [0.1, 0.15) is 6.17 Å². The number of nitriles is 1. The van der Waals surface area contributed by atoms with Gasteiger partial charge >= 0.3 is 0 Å². The molecule has 1 aliphatic heterocycles. The summed E-state index contributed by atoms with van der Waals surface area (Å²) in [4.78, 5) is 15.5. The lowest BCUT2D eigenvalue weighted by Gasteiger charge is -2.38. The number of amides is 1. The molecule has 5 heteroatoms. The Bertz CT molecular complexity index is 1300. The first-order valence-corrected chi connectivity index (χ1v) is 10.9. The van der Waals surface area contributed by atoms with E-state index in [2.05, 4.69) is 46.4 Å². The van der Waals surface area contributed by atoms with Gasteiger partial charge in [0, 0.05) is 41.4 Å². The van der Waals surface area contributed by atoms with Crippen LogP contribution in [-0.4, -0.2) is 21.9 Å². The highest BCUT2D eigenvalue weighted by molar-refractivity contribution is 6.02. The monoisotopic (exact) mass is 420 g/mol. The van der Waals surface area contributed by atoms with Gasteiger partial charge in [0.05, 0.1) is 18.1 Å². The summed E-state index contributed by atoms with van der Waals surface area (Å²) in [5.74, 6) is 0.0362. The van der Waals surface area contributed by atoms with Crippen molar-refractivity contribution >= 4 is 22.5 Å². The topological polar surface area (TPSA) is 61.1 Å². The number of carbonyl (C=O) groups is 1. The van der Waals surface area contributed by atoms with Crippen molar-refractivity contribution in [2.24, 2.45) is 0 Å². The molecule has 5 nitrogen and oxygen atoms in total. The van der Waals surface area contributed by atoms with E-state index in [0.29, 0.717) is 25.1 Å². The molecule has 5 rings (SSSR count). The Balaban J connectivity index is 1.57. The van der Waals surface area contributed by atoms with Crippen LogP contribution in [-0.2, 0) is 13.0 Å². The number of rotatable bonds is 6. The number of hydrogen-bond donors (Lipinski definition) is 1. The number of aromatic nitrogens is 1. The van der Waals surface area contributed by atoms with Crippen molar-refractivity contribution in [1.29, 1.82) is 5.26 Å². The van der Waals surface area contributed by atoms with E-state index in [4.69, 9.17) is 5.26 Å². The molecular weight excluding hydrogens is 396 g/mol. The van der Waals surface area contributed by atoms with Crippen molar-refractivity contribution in [3.63, 3.8) is 0 Å². The van der Waals surface area contributed by atoms with Crippen molar-refractivity contribution in [3.8, 4) is 6.07 Å². The highest BCUT2D eigenvalue weighted by Gasteiger charge is 2.34. The molecule has 1 aliphatic rings. The Morgan fingerprint density at radius 3 is 2.50 bits per heavy atom. The second kappa shape index (κ2) is 8.60. The van der Waals surface area contributed by atoms with Crippen molar-refractivity contribution in [3.05, 3.63) is 102 Å². The molecule has 0 aliphatic carbocycles. The molecule has 1 atom stereocenters. The molecule has 1 N–H and O–H groups in total. The summed E-state index contributed by atoms with van der Waals surface area (Å²) >= 11 is 0. The molecule has 32 heavy (non-hydrogen) atoms. The van der Waals surface area contributed by atoms with E-state index in [9.17, 15) is 4.79 Å². The predicted octanol–water partition coefficient (Wildman–Crippen LogP) is 5.36. The molecular formula is C27H24N4O. The molecule has 1 aromatic heterocycles. The summed E-state index contributed by atoms with van der Waals surface area (Å²) < 4.78 is 2.12. The normalized spacial score (nSPS) is 15.3. The van der Waals surface area contributed by atoms with Crippen LogP contribution in [0.2, 0.25) is 0 Å². The minimum absolute atomic E-state index is 0.0362. The Morgan fingerprint density at radius 1 is 0.906 bits per heavy atom. The van der Waals surface area contributed by atoms with Crippen LogP contribution in [0.1, 0.15) is 34.1 Å². The maximum absolute atomic E-state index is 13.6. The van der Waals surface area contributed by atoms with Crippen LogP contribution in [0.15, 0.2) is 85.1 Å². The van der Waals surface area contributed by atoms with E-state index in [0.717, 1.165) is 28.6 Å². The number of fused-ring (bicyclic) bond motifs is 2. The molecule has 0 saturated heterocycles. The smallest absolute Gasteiger partial charge is 0.257 e. The van der Waals surface area contributed by atoms with Crippen LogP contribution >= 0.6 is 0 Å². The first kappa shape index (κ1) is 19.9. The third kappa shape index (κ3) is 3.61. The zero-order chi connectivity index (χ0) is 21.9. The molecule has 0 bridgehead atoms. The summed E-state index contributed by atoms with van der Waals surface area (Å²) in [5, 5.41) is 13.8. The number of nitrogens with one attached hydrogen (secondary N) is 1. The van der Waals surface area contributed by atoms with Gasteiger partial charge in [0.25, 0.3) is 5.91 Å². The number of carbonyl (C=O) groups excluding carboxylic acids is 1. The van der Waals surface area contributed by atoms with Crippen LogP contribution in [0.3, 0.4) is 0 Å². The van der Waals surface area contributed by atoms with E-state index in [-0.39, 0.29) is 12.1 Å². The molecule has 4 aromatic rings. The van der Waals surface area contributed by atoms with Crippen molar-refractivity contribution in [1.82, 2.24) is 9.47 Å². The van der Waals surface area contributed by atoms with Crippen LogP contribution in [0.4, 0.5) is 5.69 Å². The maximum atomic E-state index is 13.6. The molecule has 158 valence electrons. The Labute approximate surface area is 187 Å². The largest absolute Gasteiger partial charge is 0.361 e. The summed E-state index contributed by atoms with van der Waals surface area (Å²) in [5.41, 5.74) is 4.88. The first-order valence-electron chi connectivity index (χ1n) is 10.9. The summed E-state index contributed by atoms with van der Waals surface area (Å²) in [7, 11) is 0. The van der Waals surface area contributed by atoms with Gasteiger partial charge in [-0.05, 0) is 30.2 Å². The molecule has 1 unspecified atom stereocenters. The molecule has 0 spiro atoms. The second-order valence-electron chi connectivity index (χ2n) is 8.03. The van der Waals surface area contributed by atoms with Crippen molar-refractivity contribution in [2.45, 2.75) is 25.6 Å². The molecule has 0 fully saturated rings. The zero-order valence-corrected chi connectivity index (χ0v) is 17.7. The summed E-state index contributed by atoms with van der Waals surface area (Å²) in [6, 6.07) is 28.4. The average molecular weight is 421 g/mol. The van der Waals surface area contributed by atoms with Crippen LogP contribution < -0.4 is 5.32 Å². The minimum atomic E-state index is -0.283. The average Bonchev–Trinajstić information content (AvgIpc) is 3.21. The SMILES string of the molecule is N#CCCn1cc(C2Nc3ccccc3C(=O)N2CCc2ccccc2)c2ccccc21. The third-order valence-corrected chi connectivity index (χ3v) is 6.08. The first-order chi connectivity index (χ1) is 15.8. The zero-order valence-electron chi connectivity index (χ0n) is 17.7. The highest BCUT2D eigenvalue weighted by atomic mass is 16.2. The predicted molar refractivity (Wildman–Crippen MR) is 126 cm³/mol. The highest BCUT2D eigenvalue weighted by Crippen LogP contribution is 2.37. The number of hydrogen-bond acceptors (Lipinski definition) is 3. The number of para-hydroxylation sites is 2. The third-order valence-electron chi connectivity index (χ3n) is 6.08. The molecule has 3 aromatic carbocycles. The lowest BCUT2D eigenvalue weighted by Crippen LogP contribution is -2.43. The van der Waals surface area contributed by atoms with Crippen LogP contribution in [0.25, 0.3) is 10.9 Å². The Kier molecular flexibility index (Phi) is 5.35.